The maximum Gasteiger partial charge on any atom is 0.227 e. The Labute approximate surface area is 102 Å². The second-order valence-corrected chi connectivity index (χ2v) is 4.90. The van der Waals surface area contributed by atoms with Crippen LogP contribution in [0.3, 0.4) is 0 Å². The summed E-state index contributed by atoms with van der Waals surface area (Å²) in [6.07, 6.45) is 2.98. The molecular weight excluding hydrogens is 212 g/mol. The Bertz CT molecular complexity index is 403. The average Bonchev–Trinajstić information content (AvgIpc) is 3.04. The molecule has 0 aromatic heterocycles. The first-order chi connectivity index (χ1) is 8.20. The van der Waals surface area contributed by atoms with Crippen LogP contribution in [0, 0.1) is 11.8 Å². The van der Waals surface area contributed by atoms with Gasteiger partial charge in [-0.05, 0) is 49.4 Å². The Balaban J connectivity index is 1.93. The molecule has 3 heteroatoms. The summed E-state index contributed by atoms with van der Waals surface area (Å²) in [6.45, 7) is 2.82. The van der Waals surface area contributed by atoms with Gasteiger partial charge in [0, 0.05) is 11.6 Å². The number of rotatable bonds is 5. The second-order valence-electron chi connectivity index (χ2n) is 4.90. The van der Waals surface area contributed by atoms with Gasteiger partial charge in [0.1, 0.15) is 0 Å². The Morgan fingerprint density at radius 3 is 2.94 bits per heavy atom. The zero-order valence-electron chi connectivity index (χ0n) is 10.3. The summed E-state index contributed by atoms with van der Waals surface area (Å²) < 4.78 is 0. The number of hydrogen-bond acceptors (Lipinski definition) is 2. The van der Waals surface area contributed by atoms with E-state index in [1.807, 2.05) is 18.2 Å². The molecule has 0 radical (unpaired) electrons. The van der Waals surface area contributed by atoms with E-state index in [1.165, 1.54) is 5.56 Å². The molecule has 92 valence electrons. The largest absolute Gasteiger partial charge is 0.330 e. The zero-order valence-corrected chi connectivity index (χ0v) is 10.3. The first-order valence-electron chi connectivity index (χ1n) is 6.30. The molecule has 1 amide bonds. The minimum absolute atomic E-state index is 0.161. The predicted octanol–water partition coefficient (Wildman–Crippen LogP) is 2.17. The summed E-state index contributed by atoms with van der Waals surface area (Å²) >= 11 is 0. The van der Waals surface area contributed by atoms with Crippen molar-refractivity contribution in [2.24, 2.45) is 17.6 Å². The molecule has 1 aromatic carbocycles. The van der Waals surface area contributed by atoms with Crippen molar-refractivity contribution in [3.05, 3.63) is 29.8 Å². The first kappa shape index (κ1) is 12.1. The lowest BCUT2D eigenvalue weighted by atomic mass is 10.1. The van der Waals surface area contributed by atoms with Crippen LogP contribution in [0.15, 0.2) is 24.3 Å². The van der Waals surface area contributed by atoms with E-state index in [0.717, 1.165) is 24.9 Å². The van der Waals surface area contributed by atoms with Gasteiger partial charge in [-0.15, -0.1) is 0 Å². The molecule has 0 spiro atoms. The monoisotopic (exact) mass is 232 g/mol. The molecule has 1 aliphatic carbocycles. The fraction of sp³-hybridized carbons (Fsp3) is 0.500. The van der Waals surface area contributed by atoms with Crippen molar-refractivity contribution >= 4 is 11.6 Å². The lowest BCUT2D eigenvalue weighted by molar-refractivity contribution is -0.117. The molecule has 0 aliphatic heterocycles. The van der Waals surface area contributed by atoms with Gasteiger partial charge >= 0.3 is 0 Å². The van der Waals surface area contributed by atoms with Gasteiger partial charge in [0.15, 0.2) is 0 Å². The summed E-state index contributed by atoms with van der Waals surface area (Å²) in [5.41, 5.74) is 7.63. The van der Waals surface area contributed by atoms with Gasteiger partial charge in [-0.2, -0.15) is 0 Å². The van der Waals surface area contributed by atoms with Crippen molar-refractivity contribution in [2.45, 2.75) is 26.2 Å². The number of hydrogen-bond donors (Lipinski definition) is 2. The van der Waals surface area contributed by atoms with E-state index in [9.17, 15) is 4.79 Å². The van der Waals surface area contributed by atoms with Gasteiger partial charge in [0.05, 0.1) is 0 Å². The van der Waals surface area contributed by atoms with Crippen LogP contribution >= 0.6 is 0 Å². The Morgan fingerprint density at radius 1 is 1.53 bits per heavy atom. The number of nitrogens with one attached hydrogen (secondary N) is 1. The topological polar surface area (TPSA) is 55.1 Å². The van der Waals surface area contributed by atoms with Crippen molar-refractivity contribution in [1.82, 2.24) is 0 Å². The van der Waals surface area contributed by atoms with Gasteiger partial charge in [-0.3, -0.25) is 4.79 Å². The number of amides is 1. The van der Waals surface area contributed by atoms with Gasteiger partial charge in [0.25, 0.3) is 0 Å². The molecule has 1 saturated carbocycles. The van der Waals surface area contributed by atoms with Gasteiger partial charge in [0.2, 0.25) is 5.91 Å². The van der Waals surface area contributed by atoms with E-state index in [0.29, 0.717) is 12.5 Å². The highest BCUT2D eigenvalue weighted by Crippen LogP contribution is 2.38. The lowest BCUT2D eigenvalue weighted by Gasteiger charge is -2.06. The number of nitrogens with two attached hydrogens (primary N) is 1. The van der Waals surface area contributed by atoms with Crippen molar-refractivity contribution in [3.8, 4) is 0 Å². The molecule has 1 aliphatic rings. The maximum atomic E-state index is 11.8. The Morgan fingerprint density at radius 2 is 2.29 bits per heavy atom. The van der Waals surface area contributed by atoms with E-state index in [-0.39, 0.29) is 11.8 Å². The van der Waals surface area contributed by atoms with E-state index in [4.69, 9.17) is 5.73 Å². The van der Waals surface area contributed by atoms with Crippen LogP contribution in [0.1, 0.15) is 25.3 Å². The smallest absolute Gasteiger partial charge is 0.227 e. The highest BCUT2D eigenvalue weighted by atomic mass is 16.2. The molecule has 1 fully saturated rings. The average molecular weight is 232 g/mol. The maximum absolute atomic E-state index is 11.8. The quantitative estimate of drug-likeness (QED) is 0.817. The molecule has 0 bridgehead atoms. The summed E-state index contributed by atoms with van der Waals surface area (Å²) in [6, 6.07) is 8.04. The number of benzene rings is 1. The standard InChI is InChI=1S/C14H20N2O/c1-10-8-13(10)14(17)16-12-6-2-4-11(9-12)5-3-7-15/h2,4,6,9-10,13H,3,5,7-8,15H2,1H3,(H,16,17). The van der Waals surface area contributed by atoms with Crippen molar-refractivity contribution in [1.29, 1.82) is 0 Å². The lowest BCUT2D eigenvalue weighted by Crippen LogP contribution is -2.14. The molecule has 3 nitrogen and oxygen atoms in total. The highest BCUT2D eigenvalue weighted by molar-refractivity contribution is 5.94. The molecular formula is C14H20N2O. The number of carbonyl (C=O) groups excluding carboxylic acids is 1. The van der Waals surface area contributed by atoms with Crippen molar-refractivity contribution in [2.75, 3.05) is 11.9 Å². The third kappa shape index (κ3) is 3.30. The van der Waals surface area contributed by atoms with Crippen molar-refractivity contribution < 1.29 is 4.79 Å². The van der Waals surface area contributed by atoms with E-state index in [2.05, 4.69) is 18.3 Å². The van der Waals surface area contributed by atoms with Gasteiger partial charge < -0.3 is 11.1 Å². The summed E-state index contributed by atoms with van der Waals surface area (Å²) in [5.74, 6) is 0.937. The van der Waals surface area contributed by atoms with Crippen LogP contribution < -0.4 is 11.1 Å². The Hall–Kier alpha value is -1.35. The molecule has 0 heterocycles. The van der Waals surface area contributed by atoms with Crippen molar-refractivity contribution in [3.63, 3.8) is 0 Å². The minimum atomic E-state index is 0.161. The van der Waals surface area contributed by atoms with E-state index < -0.39 is 0 Å². The van der Waals surface area contributed by atoms with E-state index in [1.54, 1.807) is 0 Å². The first-order valence-corrected chi connectivity index (χ1v) is 6.30. The van der Waals surface area contributed by atoms with Crippen LogP contribution in [0.5, 0.6) is 0 Å². The number of carbonyl (C=O) groups is 1. The van der Waals surface area contributed by atoms with Gasteiger partial charge in [-0.25, -0.2) is 0 Å². The molecule has 17 heavy (non-hydrogen) atoms. The molecule has 2 unspecified atom stereocenters. The second kappa shape index (κ2) is 5.32. The van der Waals surface area contributed by atoms with Gasteiger partial charge in [-0.1, -0.05) is 19.1 Å². The molecule has 2 rings (SSSR count). The number of anilines is 1. The molecule has 1 aromatic rings. The molecule has 0 saturated heterocycles. The summed E-state index contributed by atoms with van der Waals surface area (Å²) in [7, 11) is 0. The normalized spacial score (nSPS) is 22.2. The Kier molecular flexibility index (Phi) is 3.79. The van der Waals surface area contributed by atoms with Crippen LogP contribution in [0.2, 0.25) is 0 Å². The summed E-state index contributed by atoms with van der Waals surface area (Å²) in [4.78, 5) is 11.8. The minimum Gasteiger partial charge on any atom is -0.330 e. The zero-order chi connectivity index (χ0) is 12.3. The summed E-state index contributed by atoms with van der Waals surface area (Å²) in [5, 5.41) is 2.98. The third-order valence-electron chi connectivity index (χ3n) is 3.31. The molecule has 2 atom stereocenters. The van der Waals surface area contributed by atoms with Crippen LogP contribution in [-0.4, -0.2) is 12.5 Å². The predicted molar refractivity (Wildman–Crippen MR) is 69.7 cm³/mol. The molecule has 3 N–H and O–H groups in total. The van der Waals surface area contributed by atoms with Crippen LogP contribution in [-0.2, 0) is 11.2 Å². The van der Waals surface area contributed by atoms with Crippen LogP contribution in [0.4, 0.5) is 5.69 Å². The fourth-order valence-corrected chi connectivity index (χ4v) is 2.03. The van der Waals surface area contributed by atoms with Crippen LogP contribution in [0.25, 0.3) is 0 Å². The van der Waals surface area contributed by atoms with E-state index >= 15 is 0 Å². The highest BCUT2D eigenvalue weighted by Gasteiger charge is 2.38. The SMILES string of the molecule is CC1CC1C(=O)Nc1cccc(CCCN)c1. The third-order valence-corrected chi connectivity index (χ3v) is 3.31. The fourth-order valence-electron chi connectivity index (χ4n) is 2.03. The number of aryl methyl sites for hydroxylation is 1.